The molecule has 2 aromatic rings. The second-order valence-electron chi connectivity index (χ2n) is 7.77. The van der Waals surface area contributed by atoms with Crippen molar-refractivity contribution in [1.29, 1.82) is 0 Å². The Labute approximate surface area is 200 Å². The summed E-state index contributed by atoms with van der Waals surface area (Å²) in [5.41, 5.74) is 10.6. The van der Waals surface area contributed by atoms with Crippen LogP contribution in [0.5, 0.6) is 0 Å². The standard InChI is InChI=1S/C13H17NO4.C12H17NO3/c1-7-5-12(14-9(3)16)11(13(17)18-4)6-10(7)8(2)15;1-7-5-11(13)10(12(14)16-4)6-9(7)8(2)15-3/h5-6,8,15H,1-4H3,(H,14,16);5-6,8H,13H2,1-4H3. The van der Waals surface area contributed by atoms with Gasteiger partial charge in [-0.2, -0.15) is 0 Å². The van der Waals surface area contributed by atoms with E-state index in [2.05, 4.69) is 14.8 Å². The first-order chi connectivity index (χ1) is 15.9. The van der Waals surface area contributed by atoms with Crippen LogP contribution in [0.25, 0.3) is 0 Å². The molecule has 0 radical (unpaired) electrons. The van der Waals surface area contributed by atoms with Crippen molar-refractivity contribution in [1.82, 2.24) is 0 Å². The number of nitrogens with two attached hydrogens (primary N) is 1. The SMILES string of the molecule is COC(=O)c1cc(C(C)O)c(C)cc1NC(C)=O.COC(=O)c1cc(C(C)OC)c(C)cc1N. The second-order valence-corrected chi connectivity index (χ2v) is 7.77. The third kappa shape index (κ3) is 7.29. The lowest BCUT2D eigenvalue weighted by Gasteiger charge is -2.15. The fraction of sp³-hybridized carbons (Fsp3) is 0.400. The monoisotopic (exact) mass is 474 g/mol. The largest absolute Gasteiger partial charge is 0.465 e. The van der Waals surface area contributed by atoms with Crippen molar-refractivity contribution >= 4 is 29.2 Å². The van der Waals surface area contributed by atoms with Gasteiger partial charge in [-0.25, -0.2) is 9.59 Å². The number of amides is 1. The number of carbonyl (C=O) groups excluding carboxylic acids is 3. The topological polar surface area (TPSA) is 137 Å². The molecule has 0 bridgehead atoms. The maximum absolute atomic E-state index is 11.6. The van der Waals surface area contributed by atoms with E-state index in [9.17, 15) is 19.5 Å². The molecule has 9 heteroatoms. The van der Waals surface area contributed by atoms with Crippen molar-refractivity contribution in [2.75, 3.05) is 32.4 Å². The van der Waals surface area contributed by atoms with E-state index in [1.165, 1.54) is 27.2 Å². The molecule has 0 aliphatic carbocycles. The minimum Gasteiger partial charge on any atom is -0.465 e. The summed E-state index contributed by atoms with van der Waals surface area (Å²) in [6.07, 6.45) is -0.774. The molecule has 1 amide bonds. The van der Waals surface area contributed by atoms with Gasteiger partial charge in [-0.1, -0.05) is 0 Å². The zero-order valence-corrected chi connectivity index (χ0v) is 20.9. The fourth-order valence-electron chi connectivity index (χ4n) is 3.35. The molecular weight excluding hydrogens is 440 g/mol. The number of aryl methyl sites for hydroxylation is 2. The van der Waals surface area contributed by atoms with Crippen LogP contribution in [0.4, 0.5) is 11.4 Å². The molecule has 0 aromatic heterocycles. The highest BCUT2D eigenvalue weighted by Crippen LogP contribution is 2.27. The second kappa shape index (κ2) is 12.7. The molecule has 0 spiro atoms. The van der Waals surface area contributed by atoms with E-state index in [0.29, 0.717) is 22.5 Å². The van der Waals surface area contributed by atoms with E-state index < -0.39 is 18.0 Å². The number of nitrogens with one attached hydrogen (secondary N) is 1. The molecule has 0 fully saturated rings. The highest BCUT2D eigenvalue weighted by Gasteiger charge is 2.18. The number of nitrogen functional groups attached to an aromatic ring is 1. The van der Waals surface area contributed by atoms with Crippen LogP contribution in [0, 0.1) is 13.8 Å². The third-order valence-corrected chi connectivity index (χ3v) is 5.21. The highest BCUT2D eigenvalue weighted by atomic mass is 16.5. The van der Waals surface area contributed by atoms with Gasteiger partial charge in [0.1, 0.15) is 0 Å². The van der Waals surface area contributed by atoms with E-state index in [1.54, 1.807) is 39.2 Å². The molecule has 0 aliphatic heterocycles. The van der Waals surface area contributed by atoms with Crippen molar-refractivity contribution in [3.8, 4) is 0 Å². The van der Waals surface area contributed by atoms with Gasteiger partial charge in [0.25, 0.3) is 0 Å². The van der Waals surface area contributed by atoms with Gasteiger partial charge in [0.2, 0.25) is 5.91 Å². The molecule has 2 aromatic carbocycles. The lowest BCUT2D eigenvalue weighted by atomic mass is 9.99. The Kier molecular flexibility index (Phi) is 10.7. The van der Waals surface area contributed by atoms with Crippen molar-refractivity contribution in [2.24, 2.45) is 0 Å². The summed E-state index contributed by atoms with van der Waals surface area (Å²) in [5, 5.41) is 12.2. The van der Waals surface area contributed by atoms with E-state index in [4.69, 9.17) is 10.5 Å². The predicted octanol–water partition coefficient (Wildman–Crippen LogP) is 3.86. The number of hydrogen-bond donors (Lipinski definition) is 3. The van der Waals surface area contributed by atoms with Gasteiger partial charge in [0, 0.05) is 19.7 Å². The molecule has 34 heavy (non-hydrogen) atoms. The summed E-state index contributed by atoms with van der Waals surface area (Å²) in [5.74, 6) is -1.26. The first-order valence-electron chi connectivity index (χ1n) is 10.6. The number of anilines is 2. The van der Waals surface area contributed by atoms with Crippen molar-refractivity contribution in [3.63, 3.8) is 0 Å². The van der Waals surface area contributed by atoms with Gasteiger partial charge < -0.3 is 30.4 Å². The number of esters is 2. The molecule has 0 heterocycles. The summed E-state index contributed by atoms with van der Waals surface area (Å²) in [7, 11) is 4.22. The normalized spacial score (nSPS) is 12.0. The number of ether oxygens (including phenoxy) is 3. The molecule has 2 rings (SSSR count). The highest BCUT2D eigenvalue weighted by molar-refractivity contribution is 6.01. The minimum atomic E-state index is -0.695. The van der Waals surface area contributed by atoms with Gasteiger partial charge >= 0.3 is 11.9 Å². The molecule has 9 nitrogen and oxygen atoms in total. The first kappa shape index (κ1) is 28.6. The Morgan fingerprint density at radius 1 is 0.882 bits per heavy atom. The summed E-state index contributed by atoms with van der Waals surface area (Å²) >= 11 is 0. The zero-order chi connectivity index (χ0) is 26.2. The molecule has 186 valence electrons. The Bertz CT molecular complexity index is 1050. The van der Waals surface area contributed by atoms with E-state index in [0.717, 1.165) is 16.7 Å². The summed E-state index contributed by atoms with van der Waals surface area (Å²) < 4.78 is 14.6. The van der Waals surface area contributed by atoms with Crippen LogP contribution in [0.2, 0.25) is 0 Å². The Balaban J connectivity index is 0.000000342. The van der Waals surface area contributed by atoms with Gasteiger partial charge in [-0.3, -0.25) is 4.79 Å². The summed E-state index contributed by atoms with van der Waals surface area (Å²) in [6, 6.07) is 6.68. The number of carbonyl (C=O) groups is 3. The number of aliphatic hydroxyl groups is 1. The Hall–Kier alpha value is -3.43. The third-order valence-electron chi connectivity index (χ3n) is 5.21. The molecule has 2 unspecified atom stereocenters. The number of rotatable bonds is 6. The number of methoxy groups -OCH3 is 3. The number of hydrogen-bond acceptors (Lipinski definition) is 8. The van der Waals surface area contributed by atoms with E-state index in [1.807, 2.05) is 13.8 Å². The van der Waals surface area contributed by atoms with Crippen molar-refractivity contribution < 1.29 is 33.7 Å². The van der Waals surface area contributed by atoms with Gasteiger partial charge in [0.05, 0.1) is 43.2 Å². The zero-order valence-electron chi connectivity index (χ0n) is 20.9. The molecule has 2 atom stereocenters. The van der Waals surface area contributed by atoms with E-state index in [-0.39, 0.29) is 17.6 Å². The predicted molar refractivity (Wildman–Crippen MR) is 130 cm³/mol. The lowest BCUT2D eigenvalue weighted by molar-refractivity contribution is -0.114. The minimum absolute atomic E-state index is 0.0796. The molecule has 0 saturated heterocycles. The molecule has 0 aliphatic rings. The maximum Gasteiger partial charge on any atom is 0.339 e. The Morgan fingerprint density at radius 3 is 1.85 bits per heavy atom. The smallest absolute Gasteiger partial charge is 0.339 e. The van der Waals surface area contributed by atoms with E-state index >= 15 is 0 Å². The van der Waals surface area contributed by atoms with Crippen LogP contribution in [0.1, 0.15) is 75.9 Å². The van der Waals surface area contributed by atoms with Gasteiger partial charge in [-0.05, 0) is 74.2 Å². The fourth-order valence-corrected chi connectivity index (χ4v) is 3.35. The Morgan fingerprint density at radius 2 is 1.38 bits per heavy atom. The maximum atomic E-state index is 11.6. The van der Waals surface area contributed by atoms with Crippen LogP contribution in [-0.4, -0.2) is 44.3 Å². The molecule has 4 N–H and O–H groups in total. The van der Waals surface area contributed by atoms with Crippen molar-refractivity contribution in [3.05, 3.63) is 57.6 Å². The number of benzene rings is 2. The van der Waals surface area contributed by atoms with Crippen LogP contribution in [-0.2, 0) is 19.0 Å². The van der Waals surface area contributed by atoms with Crippen LogP contribution < -0.4 is 11.1 Å². The van der Waals surface area contributed by atoms with Crippen LogP contribution in [0.3, 0.4) is 0 Å². The average Bonchev–Trinajstić information content (AvgIpc) is 2.77. The van der Waals surface area contributed by atoms with Crippen LogP contribution in [0.15, 0.2) is 24.3 Å². The quantitative estimate of drug-likeness (QED) is 0.424. The summed E-state index contributed by atoms with van der Waals surface area (Å²) in [6.45, 7) is 8.62. The first-order valence-corrected chi connectivity index (χ1v) is 10.6. The lowest BCUT2D eigenvalue weighted by Crippen LogP contribution is -2.13. The number of aliphatic hydroxyl groups excluding tert-OH is 1. The molecular formula is C25H34N2O7. The van der Waals surface area contributed by atoms with Crippen molar-refractivity contribution in [2.45, 2.75) is 46.8 Å². The van der Waals surface area contributed by atoms with Gasteiger partial charge in [-0.15, -0.1) is 0 Å². The van der Waals surface area contributed by atoms with Crippen LogP contribution >= 0.6 is 0 Å². The van der Waals surface area contributed by atoms with Gasteiger partial charge in [0.15, 0.2) is 0 Å². The summed E-state index contributed by atoms with van der Waals surface area (Å²) in [4.78, 5) is 34.2. The molecule has 0 saturated carbocycles. The average molecular weight is 475 g/mol.